The summed E-state index contributed by atoms with van der Waals surface area (Å²) in [7, 11) is 1.39. The number of nitrogens with zero attached hydrogens (tertiary/aromatic N) is 2. The Morgan fingerprint density at radius 2 is 2.21 bits per heavy atom. The zero-order valence-corrected chi connectivity index (χ0v) is 12.7. The largest absolute Gasteiger partial charge is 0.468 e. The van der Waals surface area contributed by atoms with Crippen LogP contribution in [0, 0.1) is 0 Å². The van der Waals surface area contributed by atoms with Crippen molar-refractivity contribution < 1.29 is 9.53 Å². The van der Waals surface area contributed by atoms with E-state index in [9.17, 15) is 4.79 Å². The summed E-state index contributed by atoms with van der Waals surface area (Å²) in [5.41, 5.74) is 1.06. The first-order chi connectivity index (χ1) is 9.10. The Morgan fingerprint density at radius 3 is 2.79 bits per heavy atom. The van der Waals surface area contributed by atoms with Gasteiger partial charge >= 0.3 is 5.97 Å². The number of anilines is 1. The lowest BCUT2D eigenvalue weighted by Crippen LogP contribution is -2.10. The molecule has 1 aromatic rings. The van der Waals surface area contributed by atoms with Gasteiger partial charge in [-0.05, 0) is 12.3 Å². The van der Waals surface area contributed by atoms with E-state index in [1.165, 1.54) is 25.2 Å². The van der Waals surface area contributed by atoms with E-state index >= 15 is 0 Å². The van der Waals surface area contributed by atoms with Gasteiger partial charge in [0.2, 0.25) is 0 Å². The van der Waals surface area contributed by atoms with Crippen molar-refractivity contribution in [2.45, 2.75) is 38.1 Å². The van der Waals surface area contributed by atoms with Crippen LogP contribution in [0.15, 0.2) is 11.4 Å². The van der Waals surface area contributed by atoms with Crippen molar-refractivity contribution in [2.75, 3.05) is 24.7 Å². The highest BCUT2D eigenvalue weighted by Gasteiger charge is 2.16. The molecule has 1 N–H and O–H groups in total. The third kappa shape index (κ3) is 4.70. The van der Waals surface area contributed by atoms with E-state index in [0.717, 1.165) is 29.4 Å². The molecule has 0 fully saturated rings. The first kappa shape index (κ1) is 15.8. The SMILES string of the molecule is CCCNc1ncnc(SCC(=O)OC)c1C(C)C. The highest BCUT2D eigenvalue weighted by molar-refractivity contribution is 7.99. The average Bonchev–Trinajstić information content (AvgIpc) is 2.41. The number of rotatable bonds is 7. The summed E-state index contributed by atoms with van der Waals surface area (Å²) in [6.07, 6.45) is 2.57. The fraction of sp³-hybridized carbons (Fsp3) is 0.615. The summed E-state index contributed by atoms with van der Waals surface area (Å²) >= 11 is 1.39. The summed E-state index contributed by atoms with van der Waals surface area (Å²) in [4.78, 5) is 19.8. The van der Waals surface area contributed by atoms with E-state index < -0.39 is 0 Å². The lowest BCUT2D eigenvalue weighted by atomic mass is 10.1. The summed E-state index contributed by atoms with van der Waals surface area (Å²) in [6, 6.07) is 0. The van der Waals surface area contributed by atoms with Gasteiger partial charge in [0.05, 0.1) is 12.9 Å². The van der Waals surface area contributed by atoms with Gasteiger partial charge in [0.1, 0.15) is 17.2 Å². The van der Waals surface area contributed by atoms with Gasteiger partial charge in [-0.25, -0.2) is 9.97 Å². The first-order valence-corrected chi connectivity index (χ1v) is 7.37. The Morgan fingerprint density at radius 1 is 1.47 bits per heavy atom. The van der Waals surface area contributed by atoms with E-state index in [1.807, 2.05) is 0 Å². The van der Waals surface area contributed by atoms with E-state index in [2.05, 4.69) is 40.8 Å². The van der Waals surface area contributed by atoms with Crippen LogP contribution in [-0.2, 0) is 9.53 Å². The number of thioether (sulfide) groups is 1. The molecule has 106 valence electrons. The molecule has 0 spiro atoms. The molecule has 0 bridgehead atoms. The number of carbonyl (C=O) groups is 1. The molecule has 19 heavy (non-hydrogen) atoms. The predicted octanol–water partition coefficient (Wildman–Crippen LogP) is 2.69. The monoisotopic (exact) mass is 283 g/mol. The van der Waals surface area contributed by atoms with Crippen LogP contribution >= 0.6 is 11.8 Å². The molecule has 0 aliphatic heterocycles. The van der Waals surface area contributed by atoms with E-state index in [1.54, 1.807) is 0 Å². The summed E-state index contributed by atoms with van der Waals surface area (Å²) in [6.45, 7) is 7.17. The maximum absolute atomic E-state index is 11.2. The highest BCUT2D eigenvalue weighted by atomic mass is 32.2. The Labute approximate surface area is 118 Å². The minimum absolute atomic E-state index is 0.249. The molecular weight excluding hydrogens is 262 g/mol. The molecule has 0 saturated carbocycles. The van der Waals surface area contributed by atoms with E-state index in [-0.39, 0.29) is 11.7 Å². The minimum Gasteiger partial charge on any atom is -0.468 e. The molecule has 0 atom stereocenters. The normalized spacial score (nSPS) is 10.6. The zero-order valence-electron chi connectivity index (χ0n) is 11.9. The van der Waals surface area contributed by atoms with Gasteiger partial charge in [0.25, 0.3) is 0 Å². The van der Waals surface area contributed by atoms with Gasteiger partial charge < -0.3 is 10.1 Å². The van der Waals surface area contributed by atoms with Crippen molar-refractivity contribution in [3.05, 3.63) is 11.9 Å². The Bertz CT molecular complexity index is 424. The van der Waals surface area contributed by atoms with E-state index in [0.29, 0.717) is 5.92 Å². The van der Waals surface area contributed by atoms with Gasteiger partial charge in [0, 0.05) is 12.1 Å². The van der Waals surface area contributed by atoms with Crippen molar-refractivity contribution in [3.8, 4) is 0 Å². The second-order valence-corrected chi connectivity index (χ2v) is 5.35. The fourth-order valence-corrected chi connectivity index (χ4v) is 2.57. The second kappa shape index (κ2) is 7.99. The number of methoxy groups -OCH3 is 1. The lowest BCUT2D eigenvalue weighted by molar-refractivity contribution is -0.137. The maximum atomic E-state index is 11.2. The fourth-order valence-electron chi connectivity index (χ4n) is 1.59. The smallest absolute Gasteiger partial charge is 0.316 e. The molecule has 1 aromatic heterocycles. The third-order valence-corrected chi connectivity index (χ3v) is 3.50. The van der Waals surface area contributed by atoms with Gasteiger partial charge in [-0.3, -0.25) is 4.79 Å². The highest BCUT2D eigenvalue weighted by Crippen LogP contribution is 2.31. The van der Waals surface area contributed by atoms with Crippen LogP contribution in [0.3, 0.4) is 0 Å². The van der Waals surface area contributed by atoms with Crippen LogP contribution in [0.25, 0.3) is 0 Å². The van der Waals surface area contributed by atoms with Crippen molar-refractivity contribution in [2.24, 2.45) is 0 Å². The predicted molar refractivity (Wildman–Crippen MR) is 77.6 cm³/mol. The number of carbonyl (C=O) groups excluding carboxylic acids is 1. The Kier molecular flexibility index (Phi) is 6.62. The minimum atomic E-state index is -0.249. The number of aromatic nitrogens is 2. The number of esters is 1. The molecule has 1 heterocycles. The summed E-state index contributed by atoms with van der Waals surface area (Å²) in [5.74, 6) is 1.17. The van der Waals surface area contributed by atoms with E-state index in [4.69, 9.17) is 0 Å². The number of nitrogens with one attached hydrogen (secondary N) is 1. The first-order valence-electron chi connectivity index (χ1n) is 6.38. The summed E-state index contributed by atoms with van der Waals surface area (Å²) < 4.78 is 4.65. The molecule has 6 heteroatoms. The van der Waals surface area contributed by atoms with Crippen molar-refractivity contribution in [3.63, 3.8) is 0 Å². The molecule has 5 nitrogen and oxygen atoms in total. The molecule has 0 aromatic carbocycles. The van der Waals surface area contributed by atoms with Crippen LogP contribution in [0.1, 0.15) is 38.7 Å². The standard InChI is InChI=1S/C13H21N3O2S/c1-5-6-14-12-11(9(2)3)13(16-8-15-12)19-7-10(17)18-4/h8-9H,5-7H2,1-4H3,(H,14,15,16). The Hall–Kier alpha value is -1.30. The molecule has 0 radical (unpaired) electrons. The summed E-state index contributed by atoms with van der Waals surface area (Å²) in [5, 5.41) is 4.15. The number of hydrogen-bond acceptors (Lipinski definition) is 6. The zero-order chi connectivity index (χ0) is 14.3. The number of ether oxygens (including phenoxy) is 1. The van der Waals surface area contributed by atoms with Crippen molar-refractivity contribution >= 4 is 23.5 Å². The van der Waals surface area contributed by atoms with Crippen LogP contribution < -0.4 is 5.32 Å². The van der Waals surface area contributed by atoms with Gasteiger partial charge in [-0.2, -0.15) is 0 Å². The molecule has 0 aliphatic carbocycles. The second-order valence-electron chi connectivity index (χ2n) is 4.39. The van der Waals surface area contributed by atoms with Gasteiger partial charge in [-0.15, -0.1) is 0 Å². The Balaban J connectivity index is 2.92. The molecule has 0 saturated heterocycles. The van der Waals surface area contributed by atoms with Crippen LogP contribution in [-0.4, -0.2) is 35.3 Å². The van der Waals surface area contributed by atoms with Crippen LogP contribution in [0.2, 0.25) is 0 Å². The molecule has 0 amide bonds. The third-order valence-electron chi connectivity index (χ3n) is 2.52. The lowest BCUT2D eigenvalue weighted by Gasteiger charge is -2.16. The van der Waals surface area contributed by atoms with Crippen molar-refractivity contribution in [1.29, 1.82) is 0 Å². The van der Waals surface area contributed by atoms with Gasteiger partial charge in [-0.1, -0.05) is 32.5 Å². The van der Waals surface area contributed by atoms with Crippen LogP contribution in [0.5, 0.6) is 0 Å². The molecule has 0 aliphatic rings. The maximum Gasteiger partial charge on any atom is 0.316 e. The average molecular weight is 283 g/mol. The van der Waals surface area contributed by atoms with Gasteiger partial charge in [0.15, 0.2) is 0 Å². The molecule has 1 rings (SSSR count). The number of hydrogen-bond donors (Lipinski definition) is 1. The molecular formula is C13H21N3O2S. The molecule has 0 unspecified atom stereocenters. The van der Waals surface area contributed by atoms with Crippen LogP contribution in [0.4, 0.5) is 5.82 Å². The quantitative estimate of drug-likeness (QED) is 0.471. The van der Waals surface area contributed by atoms with Crippen molar-refractivity contribution in [1.82, 2.24) is 9.97 Å². The topological polar surface area (TPSA) is 64.1 Å².